The van der Waals surface area contributed by atoms with Crippen molar-refractivity contribution >= 4 is 5.69 Å². The van der Waals surface area contributed by atoms with Gasteiger partial charge in [0.05, 0.1) is 19.2 Å². The molecule has 3 unspecified atom stereocenters. The maximum atomic E-state index is 14.4. The van der Waals surface area contributed by atoms with Gasteiger partial charge in [-0.3, -0.25) is 0 Å². The van der Waals surface area contributed by atoms with Crippen LogP contribution in [0.3, 0.4) is 0 Å². The average Bonchev–Trinajstić information content (AvgIpc) is 3.19. The second kappa shape index (κ2) is 7.74. The number of rotatable bonds is 4. The lowest BCUT2D eigenvalue weighted by Crippen LogP contribution is -2.39. The first-order chi connectivity index (χ1) is 14.6. The first-order valence-electron chi connectivity index (χ1n) is 10.4. The predicted octanol–water partition coefficient (Wildman–Crippen LogP) is 4.67. The lowest BCUT2D eigenvalue weighted by molar-refractivity contribution is 0.392. The molecule has 5 heteroatoms. The van der Waals surface area contributed by atoms with Crippen molar-refractivity contribution in [3.05, 3.63) is 94.8 Å². The van der Waals surface area contributed by atoms with Crippen LogP contribution in [-0.2, 0) is 6.54 Å². The van der Waals surface area contributed by atoms with Crippen molar-refractivity contribution < 1.29 is 9.13 Å². The number of ether oxygens (including phenoxy) is 1. The monoisotopic (exact) mass is 403 g/mol. The number of hydrogen-bond acceptors (Lipinski definition) is 4. The fraction of sp³-hybridized carbons (Fsp3) is 0.280. The highest BCUT2D eigenvalue weighted by molar-refractivity contribution is 5.61. The molecular weight excluding hydrogens is 377 g/mol. The Bertz CT molecular complexity index is 1050. The Hall–Kier alpha value is -2.89. The molecule has 0 aromatic heterocycles. The zero-order chi connectivity index (χ0) is 20.7. The minimum absolute atomic E-state index is 0.160. The first kappa shape index (κ1) is 19.1. The molecule has 3 atom stereocenters. The largest absolute Gasteiger partial charge is 0.497 e. The Balaban J connectivity index is 1.53. The summed E-state index contributed by atoms with van der Waals surface area (Å²) >= 11 is 0. The summed E-state index contributed by atoms with van der Waals surface area (Å²) in [6.07, 6.45) is 0. The average molecular weight is 404 g/mol. The van der Waals surface area contributed by atoms with Crippen LogP contribution in [0, 0.1) is 18.7 Å². The van der Waals surface area contributed by atoms with Crippen molar-refractivity contribution in [1.29, 1.82) is 0 Å². The second-order valence-electron chi connectivity index (χ2n) is 8.22. The van der Waals surface area contributed by atoms with Gasteiger partial charge in [0.25, 0.3) is 0 Å². The molecule has 1 saturated heterocycles. The minimum atomic E-state index is -0.160. The first-order valence-corrected chi connectivity index (χ1v) is 10.4. The molecule has 3 aromatic carbocycles. The van der Waals surface area contributed by atoms with E-state index in [-0.39, 0.29) is 17.9 Å². The minimum Gasteiger partial charge on any atom is -0.497 e. The summed E-state index contributed by atoms with van der Waals surface area (Å²) < 4.78 is 19.9. The van der Waals surface area contributed by atoms with Crippen LogP contribution in [0.5, 0.6) is 5.75 Å². The topological polar surface area (TPSA) is 36.5 Å². The fourth-order valence-electron chi connectivity index (χ4n) is 4.74. The standard InChI is InChI=1S/C25H26FN3O/c1-16-7-9-17(10-8-16)24-21-15-29(14-18-5-3-4-6-22(18)26)23-12-11-19(30-2)13-20(23)25(21)28-27-24/h3-13,21,24-25,27-28H,14-15H2,1-2H3. The van der Waals surface area contributed by atoms with Gasteiger partial charge >= 0.3 is 0 Å². The van der Waals surface area contributed by atoms with E-state index >= 15 is 0 Å². The van der Waals surface area contributed by atoms with Crippen molar-refractivity contribution in [2.24, 2.45) is 5.92 Å². The second-order valence-corrected chi connectivity index (χ2v) is 8.22. The summed E-state index contributed by atoms with van der Waals surface area (Å²) in [5.74, 6) is 0.979. The number of fused-ring (bicyclic) bond motifs is 3. The third kappa shape index (κ3) is 3.34. The molecule has 2 N–H and O–H groups in total. The molecule has 154 valence electrons. The van der Waals surface area contributed by atoms with Crippen LogP contribution in [0.2, 0.25) is 0 Å². The molecular formula is C25H26FN3O. The molecule has 30 heavy (non-hydrogen) atoms. The maximum Gasteiger partial charge on any atom is 0.128 e. The van der Waals surface area contributed by atoms with Crippen LogP contribution in [0.4, 0.5) is 10.1 Å². The molecule has 1 fully saturated rings. The zero-order valence-corrected chi connectivity index (χ0v) is 17.2. The van der Waals surface area contributed by atoms with E-state index in [4.69, 9.17) is 4.74 Å². The highest BCUT2D eigenvalue weighted by Crippen LogP contribution is 2.46. The van der Waals surface area contributed by atoms with Crippen molar-refractivity contribution in [3.63, 3.8) is 0 Å². The Morgan fingerprint density at radius 1 is 1.00 bits per heavy atom. The summed E-state index contributed by atoms with van der Waals surface area (Å²) in [4.78, 5) is 2.30. The summed E-state index contributed by atoms with van der Waals surface area (Å²) in [5.41, 5.74) is 12.6. The number of halogens is 1. The number of hydrazine groups is 1. The van der Waals surface area contributed by atoms with E-state index in [2.05, 4.69) is 59.1 Å². The van der Waals surface area contributed by atoms with Crippen LogP contribution in [0.15, 0.2) is 66.7 Å². The van der Waals surface area contributed by atoms with E-state index in [1.807, 2.05) is 18.2 Å². The zero-order valence-electron chi connectivity index (χ0n) is 17.2. The number of anilines is 1. The molecule has 5 rings (SSSR count). The number of nitrogens with zero attached hydrogens (tertiary/aromatic N) is 1. The van der Waals surface area contributed by atoms with Gasteiger partial charge in [-0.1, -0.05) is 48.0 Å². The van der Waals surface area contributed by atoms with Gasteiger partial charge in [0.2, 0.25) is 0 Å². The Morgan fingerprint density at radius 2 is 1.77 bits per heavy atom. The van der Waals surface area contributed by atoms with Gasteiger partial charge in [0, 0.05) is 30.3 Å². The smallest absolute Gasteiger partial charge is 0.128 e. The van der Waals surface area contributed by atoms with Crippen LogP contribution < -0.4 is 20.5 Å². The molecule has 0 saturated carbocycles. The van der Waals surface area contributed by atoms with Crippen molar-refractivity contribution in [2.45, 2.75) is 25.6 Å². The summed E-state index contributed by atoms with van der Waals surface area (Å²) in [7, 11) is 1.69. The summed E-state index contributed by atoms with van der Waals surface area (Å²) in [6.45, 7) is 3.47. The predicted molar refractivity (Wildman–Crippen MR) is 117 cm³/mol. The molecule has 2 aliphatic heterocycles. The van der Waals surface area contributed by atoms with Crippen LogP contribution in [0.25, 0.3) is 0 Å². The molecule has 2 heterocycles. The number of methoxy groups -OCH3 is 1. The Labute approximate surface area is 176 Å². The van der Waals surface area contributed by atoms with E-state index in [1.54, 1.807) is 13.2 Å². The number of aryl methyl sites for hydroxylation is 1. The Morgan fingerprint density at radius 3 is 2.53 bits per heavy atom. The van der Waals surface area contributed by atoms with Gasteiger partial charge in [-0.05, 0) is 42.3 Å². The molecule has 0 radical (unpaired) electrons. The number of hydrogen-bond donors (Lipinski definition) is 2. The molecule has 0 aliphatic carbocycles. The molecule has 0 amide bonds. The Kier molecular flexibility index (Phi) is 4.93. The van der Waals surface area contributed by atoms with E-state index in [0.29, 0.717) is 18.0 Å². The normalized spacial score (nSPS) is 22.5. The molecule has 0 bridgehead atoms. The van der Waals surface area contributed by atoms with Crippen molar-refractivity contribution in [2.75, 3.05) is 18.6 Å². The highest BCUT2D eigenvalue weighted by atomic mass is 19.1. The molecule has 4 nitrogen and oxygen atoms in total. The SMILES string of the molecule is COc1ccc2c(c1)C1NNC(c3ccc(C)cc3)C1CN2Cc1ccccc1F. The fourth-order valence-corrected chi connectivity index (χ4v) is 4.74. The van der Waals surface area contributed by atoms with Crippen LogP contribution in [0.1, 0.15) is 34.3 Å². The summed E-state index contributed by atoms with van der Waals surface area (Å²) in [5, 5.41) is 0. The molecule has 3 aromatic rings. The van der Waals surface area contributed by atoms with E-state index < -0.39 is 0 Å². The lowest BCUT2D eigenvalue weighted by Gasteiger charge is -2.39. The van der Waals surface area contributed by atoms with Gasteiger partial charge < -0.3 is 9.64 Å². The maximum absolute atomic E-state index is 14.4. The third-order valence-electron chi connectivity index (χ3n) is 6.35. The van der Waals surface area contributed by atoms with Gasteiger partial charge in [0.15, 0.2) is 0 Å². The summed E-state index contributed by atoms with van der Waals surface area (Å²) in [6, 6.07) is 22.2. The quantitative estimate of drug-likeness (QED) is 0.664. The molecule has 2 aliphatic rings. The van der Waals surface area contributed by atoms with E-state index in [0.717, 1.165) is 18.0 Å². The number of nitrogens with one attached hydrogen (secondary N) is 2. The molecule has 0 spiro atoms. The third-order valence-corrected chi connectivity index (χ3v) is 6.35. The van der Waals surface area contributed by atoms with Crippen LogP contribution >= 0.6 is 0 Å². The highest BCUT2D eigenvalue weighted by Gasteiger charge is 2.43. The van der Waals surface area contributed by atoms with Gasteiger partial charge in [-0.15, -0.1) is 0 Å². The number of benzene rings is 3. The van der Waals surface area contributed by atoms with E-state index in [1.165, 1.54) is 22.8 Å². The van der Waals surface area contributed by atoms with Gasteiger partial charge in [-0.2, -0.15) is 0 Å². The van der Waals surface area contributed by atoms with Crippen molar-refractivity contribution in [1.82, 2.24) is 10.9 Å². The van der Waals surface area contributed by atoms with Gasteiger partial charge in [0.1, 0.15) is 11.6 Å². The van der Waals surface area contributed by atoms with Gasteiger partial charge in [-0.25, -0.2) is 15.2 Å². The van der Waals surface area contributed by atoms with E-state index in [9.17, 15) is 4.39 Å². The lowest BCUT2D eigenvalue weighted by atomic mass is 9.81. The van der Waals surface area contributed by atoms with Crippen molar-refractivity contribution in [3.8, 4) is 5.75 Å². The van der Waals surface area contributed by atoms with Crippen LogP contribution in [-0.4, -0.2) is 13.7 Å².